The first-order valence-corrected chi connectivity index (χ1v) is 14.8. The molecule has 9 heteroatoms. The third-order valence-corrected chi connectivity index (χ3v) is 10.0. The molecule has 35 heavy (non-hydrogen) atoms. The highest BCUT2D eigenvalue weighted by Gasteiger charge is 2.43. The molecule has 0 aliphatic carbocycles. The molecule has 5 nitrogen and oxygen atoms in total. The maximum absolute atomic E-state index is 13.1. The monoisotopic (exact) mass is 515 g/mol. The van der Waals surface area contributed by atoms with Gasteiger partial charge in [-0.2, -0.15) is 18.2 Å². The minimum absolute atomic E-state index is 0.106. The zero-order valence-corrected chi connectivity index (χ0v) is 23.3. The zero-order chi connectivity index (χ0) is 27.2. The van der Waals surface area contributed by atoms with Crippen molar-refractivity contribution in [3.05, 3.63) is 35.4 Å². The molecule has 1 rings (SSSR count). The molecule has 1 N–H and O–H groups in total. The van der Waals surface area contributed by atoms with Crippen LogP contribution in [0.3, 0.4) is 0 Å². The molecule has 0 aliphatic rings. The highest BCUT2D eigenvalue weighted by molar-refractivity contribution is 6.74. The summed E-state index contributed by atoms with van der Waals surface area (Å²) in [5.74, 6) is 5.40. The normalized spacial score (nSPS) is 14.5. The number of aliphatic hydroxyl groups is 1. The third-order valence-electron chi connectivity index (χ3n) is 5.75. The van der Waals surface area contributed by atoms with Crippen LogP contribution in [0.1, 0.15) is 78.9 Å². The summed E-state index contributed by atoms with van der Waals surface area (Å²) >= 11 is 0. The van der Waals surface area contributed by atoms with Gasteiger partial charge in [0.25, 0.3) is 0 Å². The van der Waals surface area contributed by atoms with Gasteiger partial charge in [-0.05, 0) is 69.6 Å². The molecule has 2 atom stereocenters. The van der Waals surface area contributed by atoms with Crippen LogP contribution in [0.15, 0.2) is 24.3 Å². The van der Waals surface area contributed by atoms with Gasteiger partial charge in [0.2, 0.25) is 8.32 Å². The topological polar surface area (TPSA) is 59.0 Å². The SMILES string of the molecule is CCC[C@@H](CC(O)C#Cc1ccc(C(F)(F)F)cc1)N(O[Si](C)(C)C(C)(C)C)C(=O)OC(C)(C)C. The van der Waals surface area contributed by atoms with Gasteiger partial charge in [0.05, 0.1) is 11.6 Å². The number of halogens is 3. The van der Waals surface area contributed by atoms with Crippen molar-refractivity contribution in [2.45, 2.75) is 110 Å². The van der Waals surface area contributed by atoms with Crippen LogP contribution in [0.5, 0.6) is 0 Å². The molecule has 0 spiro atoms. The van der Waals surface area contributed by atoms with Crippen LogP contribution in [-0.4, -0.2) is 42.3 Å². The van der Waals surface area contributed by atoms with Crippen LogP contribution in [0.4, 0.5) is 18.0 Å². The number of carbonyl (C=O) groups is 1. The number of benzene rings is 1. The summed E-state index contributed by atoms with van der Waals surface area (Å²) < 4.78 is 50.2. The smallest absolute Gasteiger partial charge is 0.433 e. The Morgan fingerprint density at radius 1 is 1.09 bits per heavy atom. The lowest BCUT2D eigenvalue weighted by atomic mass is 10.0. The largest absolute Gasteiger partial charge is 0.442 e. The van der Waals surface area contributed by atoms with E-state index in [9.17, 15) is 23.1 Å². The molecule has 0 radical (unpaired) electrons. The van der Waals surface area contributed by atoms with Crippen molar-refractivity contribution in [1.82, 2.24) is 5.06 Å². The number of amides is 1. The molecule has 198 valence electrons. The molecule has 1 aromatic rings. The predicted octanol–water partition coefficient (Wildman–Crippen LogP) is 7.15. The Labute approximate surface area is 209 Å². The second-order valence-corrected chi connectivity index (χ2v) is 15.9. The summed E-state index contributed by atoms with van der Waals surface area (Å²) in [6, 6.07) is 3.93. The number of hydrogen-bond acceptors (Lipinski definition) is 4. The molecule has 0 aliphatic heterocycles. The maximum atomic E-state index is 13.1. The molecule has 1 amide bonds. The Morgan fingerprint density at radius 2 is 1.63 bits per heavy atom. The molecule has 0 bridgehead atoms. The second-order valence-electron chi connectivity index (χ2n) is 11.2. The van der Waals surface area contributed by atoms with Crippen molar-refractivity contribution in [2.75, 3.05) is 0 Å². The van der Waals surface area contributed by atoms with Crippen molar-refractivity contribution >= 4 is 14.4 Å². The van der Waals surface area contributed by atoms with Crippen molar-refractivity contribution in [1.29, 1.82) is 0 Å². The number of ether oxygens (including phenoxy) is 1. The minimum atomic E-state index is -4.42. The van der Waals surface area contributed by atoms with Crippen LogP contribution >= 0.6 is 0 Å². The molecular formula is C26H40F3NO4Si. The molecule has 0 saturated carbocycles. The van der Waals surface area contributed by atoms with Gasteiger partial charge in [0.15, 0.2) is 0 Å². The molecular weight excluding hydrogens is 475 g/mol. The Bertz CT molecular complexity index is 891. The Balaban J connectivity index is 3.17. The summed E-state index contributed by atoms with van der Waals surface area (Å²) in [6.07, 6.45) is -4.79. The van der Waals surface area contributed by atoms with Crippen LogP contribution in [0, 0.1) is 11.8 Å². The van der Waals surface area contributed by atoms with Crippen molar-refractivity contribution in [3.8, 4) is 11.8 Å². The van der Waals surface area contributed by atoms with Crippen LogP contribution in [-0.2, 0) is 15.4 Å². The van der Waals surface area contributed by atoms with Crippen molar-refractivity contribution in [3.63, 3.8) is 0 Å². The molecule has 0 heterocycles. The van der Waals surface area contributed by atoms with Crippen molar-refractivity contribution < 1.29 is 32.3 Å². The summed E-state index contributed by atoms with van der Waals surface area (Å²) in [5, 5.41) is 11.7. The van der Waals surface area contributed by atoms with E-state index in [2.05, 4.69) is 32.6 Å². The Kier molecular flexibility index (Phi) is 10.5. The van der Waals surface area contributed by atoms with E-state index in [-0.39, 0.29) is 11.5 Å². The summed E-state index contributed by atoms with van der Waals surface area (Å²) in [7, 11) is -2.43. The molecule has 0 saturated heterocycles. The van der Waals surface area contributed by atoms with Crippen LogP contribution in [0.25, 0.3) is 0 Å². The number of nitrogens with zero attached hydrogens (tertiary/aromatic N) is 1. The van der Waals surface area contributed by atoms with E-state index >= 15 is 0 Å². The zero-order valence-electron chi connectivity index (χ0n) is 22.3. The lowest BCUT2D eigenvalue weighted by molar-refractivity contribution is -0.137. The first-order valence-electron chi connectivity index (χ1n) is 11.8. The van der Waals surface area contributed by atoms with Gasteiger partial charge in [0.1, 0.15) is 11.7 Å². The minimum Gasteiger partial charge on any atom is -0.442 e. The van der Waals surface area contributed by atoms with E-state index in [0.717, 1.165) is 18.6 Å². The van der Waals surface area contributed by atoms with E-state index in [1.54, 1.807) is 20.8 Å². The second kappa shape index (κ2) is 11.8. The molecule has 0 fully saturated rings. The first kappa shape index (κ1) is 31.0. The van der Waals surface area contributed by atoms with Gasteiger partial charge in [-0.1, -0.05) is 46.0 Å². The highest BCUT2D eigenvalue weighted by Crippen LogP contribution is 2.38. The van der Waals surface area contributed by atoms with Gasteiger partial charge < -0.3 is 14.4 Å². The number of carbonyl (C=O) groups excluding carboxylic acids is 1. The number of hydroxylamine groups is 2. The fourth-order valence-electron chi connectivity index (χ4n) is 2.84. The molecule has 0 aromatic heterocycles. The van der Waals surface area contributed by atoms with E-state index in [1.165, 1.54) is 17.2 Å². The van der Waals surface area contributed by atoms with E-state index < -0.39 is 43.9 Å². The standard InChI is InChI=1S/C26H40F3NO4Si/c1-10-11-21(18-22(31)17-14-19-12-15-20(16-13-19)26(27,28)29)30(23(32)33-24(2,3)4)34-35(8,9)25(5,6)7/h12-13,15-16,21-22,31H,10-11,18H2,1-9H3/t21-,22?/m0/s1. The summed E-state index contributed by atoms with van der Waals surface area (Å²) in [4.78, 5) is 13.1. The first-order chi connectivity index (χ1) is 15.8. The van der Waals surface area contributed by atoms with Gasteiger partial charge in [-0.3, -0.25) is 0 Å². The van der Waals surface area contributed by atoms with Gasteiger partial charge in [0, 0.05) is 12.0 Å². The number of rotatable bonds is 7. The number of alkyl halides is 3. The highest BCUT2D eigenvalue weighted by atomic mass is 28.4. The van der Waals surface area contributed by atoms with Crippen LogP contribution in [0.2, 0.25) is 18.1 Å². The fourth-order valence-corrected chi connectivity index (χ4v) is 3.83. The van der Waals surface area contributed by atoms with E-state index in [0.29, 0.717) is 12.0 Å². The summed E-state index contributed by atoms with van der Waals surface area (Å²) in [6.45, 7) is 17.5. The van der Waals surface area contributed by atoms with Gasteiger partial charge in [-0.25, -0.2) is 4.79 Å². The Hall–Kier alpha value is -2.02. The number of hydrogen-bond donors (Lipinski definition) is 1. The fraction of sp³-hybridized carbons (Fsp3) is 0.654. The Morgan fingerprint density at radius 3 is 2.06 bits per heavy atom. The lowest BCUT2D eigenvalue weighted by Crippen LogP contribution is -2.53. The lowest BCUT2D eigenvalue weighted by Gasteiger charge is -2.42. The average Bonchev–Trinajstić information content (AvgIpc) is 2.67. The molecule has 1 unspecified atom stereocenters. The maximum Gasteiger partial charge on any atom is 0.433 e. The van der Waals surface area contributed by atoms with Gasteiger partial charge >= 0.3 is 12.3 Å². The number of aliphatic hydroxyl groups excluding tert-OH is 1. The van der Waals surface area contributed by atoms with Gasteiger partial charge in [-0.15, -0.1) is 0 Å². The third kappa shape index (κ3) is 10.2. The van der Waals surface area contributed by atoms with E-state index in [4.69, 9.17) is 9.26 Å². The predicted molar refractivity (Wildman–Crippen MR) is 134 cm³/mol. The summed E-state index contributed by atoms with van der Waals surface area (Å²) in [5.41, 5.74) is -1.14. The van der Waals surface area contributed by atoms with Crippen molar-refractivity contribution in [2.24, 2.45) is 0 Å². The molecule has 1 aromatic carbocycles. The van der Waals surface area contributed by atoms with Crippen LogP contribution < -0.4 is 0 Å². The quantitative estimate of drug-likeness (QED) is 0.238. The average molecular weight is 516 g/mol. The van der Waals surface area contributed by atoms with E-state index in [1.807, 2.05) is 20.0 Å².